The fourth-order valence-corrected chi connectivity index (χ4v) is 3.66. The Morgan fingerprint density at radius 2 is 1.77 bits per heavy atom. The Morgan fingerprint density at radius 3 is 2.48 bits per heavy atom. The first-order chi connectivity index (χ1) is 14.9. The summed E-state index contributed by atoms with van der Waals surface area (Å²) in [6, 6.07) is 13.0. The van der Waals surface area contributed by atoms with E-state index in [2.05, 4.69) is 26.0 Å². The van der Waals surface area contributed by atoms with Gasteiger partial charge in [0.05, 0.1) is 13.1 Å². The van der Waals surface area contributed by atoms with E-state index in [1.54, 1.807) is 10.8 Å². The quantitative estimate of drug-likeness (QED) is 0.406. The smallest absolute Gasteiger partial charge is 0.137 e. The predicted molar refractivity (Wildman–Crippen MR) is 118 cm³/mol. The van der Waals surface area contributed by atoms with Crippen molar-refractivity contribution < 1.29 is 13.9 Å². The van der Waals surface area contributed by atoms with Gasteiger partial charge in [0.25, 0.3) is 0 Å². The van der Waals surface area contributed by atoms with Crippen molar-refractivity contribution in [3.05, 3.63) is 106 Å². The van der Waals surface area contributed by atoms with Gasteiger partial charge in [-0.3, -0.25) is 0 Å². The fraction of sp³-hybridized carbons (Fsp3) is 0.130. The van der Waals surface area contributed by atoms with E-state index in [4.69, 9.17) is 0 Å². The number of hydrogen-bond donors (Lipinski definition) is 1. The minimum Gasteiger partial charge on any atom is -0.381 e. The molecule has 0 aliphatic heterocycles. The molecule has 0 saturated carbocycles. The van der Waals surface area contributed by atoms with E-state index in [1.807, 2.05) is 48.7 Å². The van der Waals surface area contributed by atoms with Gasteiger partial charge < -0.3 is 9.67 Å². The maximum absolute atomic E-state index is 14.6. The van der Waals surface area contributed by atoms with Gasteiger partial charge >= 0.3 is 0 Å². The number of aliphatic hydroxyl groups is 1. The molecule has 4 rings (SSSR count). The lowest BCUT2D eigenvalue weighted by atomic mass is 9.92. The summed E-state index contributed by atoms with van der Waals surface area (Å²) in [7, 11) is 0. The maximum atomic E-state index is 14.6. The van der Waals surface area contributed by atoms with Crippen LogP contribution in [0.1, 0.15) is 16.7 Å². The van der Waals surface area contributed by atoms with E-state index in [0.717, 1.165) is 27.7 Å². The normalized spacial score (nSPS) is 13.5. The third-order valence-corrected chi connectivity index (χ3v) is 5.41. The molecule has 1 atom stereocenters. The predicted octanol–water partition coefficient (Wildman–Crippen LogP) is 4.88. The summed E-state index contributed by atoms with van der Waals surface area (Å²) < 4.78 is 32.2. The maximum Gasteiger partial charge on any atom is 0.137 e. The van der Waals surface area contributed by atoms with Gasteiger partial charge in [-0.15, -0.1) is 0 Å². The number of rotatable bonds is 7. The van der Waals surface area contributed by atoms with Crippen molar-refractivity contribution in [2.24, 2.45) is 0 Å². The van der Waals surface area contributed by atoms with Crippen LogP contribution in [0.4, 0.5) is 8.78 Å². The van der Waals surface area contributed by atoms with Gasteiger partial charge in [0, 0.05) is 28.5 Å². The molecule has 2 aromatic carbocycles. The van der Waals surface area contributed by atoms with Crippen LogP contribution in [0, 0.1) is 11.6 Å². The molecular weight excluding hydrogens is 466 g/mol. The average Bonchev–Trinajstić information content (AvgIpc) is 3.39. The Kier molecular flexibility index (Phi) is 6.11. The van der Waals surface area contributed by atoms with E-state index in [1.165, 1.54) is 23.4 Å². The molecule has 1 unspecified atom stereocenters. The summed E-state index contributed by atoms with van der Waals surface area (Å²) in [5.74, 6) is -1.52. The van der Waals surface area contributed by atoms with Crippen molar-refractivity contribution in [1.82, 2.24) is 19.3 Å². The van der Waals surface area contributed by atoms with Crippen molar-refractivity contribution in [2.75, 3.05) is 0 Å². The summed E-state index contributed by atoms with van der Waals surface area (Å²) in [6.45, 7) is -0.000661. The third kappa shape index (κ3) is 5.15. The molecule has 0 radical (unpaired) electrons. The molecule has 8 heteroatoms. The van der Waals surface area contributed by atoms with Gasteiger partial charge in [0.2, 0.25) is 0 Å². The molecule has 2 aromatic heterocycles. The summed E-state index contributed by atoms with van der Waals surface area (Å²) >= 11 is 3.41. The first kappa shape index (κ1) is 21.1. The number of aromatic nitrogens is 4. The van der Waals surface area contributed by atoms with Crippen LogP contribution in [0.3, 0.4) is 0 Å². The van der Waals surface area contributed by atoms with Crippen molar-refractivity contribution >= 4 is 28.1 Å². The standard InChI is InChI=1S/C23H19BrF2N4O/c24-19-5-3-17(4-6-19)1-2-18-9-10-29(12-18)13-23(31,14-30-16-27-15-28-30)21-8-7-20(25)11-22(21)26/h1-12,15-16,31H,13-14H2. The van der Waals surface area contributed by atoms with Crippen LogP contribution in [0.5, 0.6) is 0 Å². The van der Waals surface area contributed by atoms with Crippen molar-refractivity contribution in [3.8, 4) is 0 Å². The molecule has 31 heavy (non-hydrogen) atoms. The van der Waals surface area contributed by atoms with E-state index in [0.29, 0.717) is 0 Å². The molecule has 0 aliphatic rings. The summed E-state index contributed by atoms with van der Waals surface area (Å²) in [4.78, 5) is 3.87. The lowest BCUT2D eigenvalue weighted by Gasteiger charge is -2.29. The monoisotopic (exact) mass is 484 g/mol. The highest BCUT2D eigenvalue weighted by Crippen LogP contribution is 2.29. The van der Waals surface area contributed by atoms with E-state index in [9.17, 15) is 13.9 Å². The number of hydrogen-bond acceptors (Lipinski definition) is 3. The molecule has 0 spiro atoms. The molecule has 0 saturated heterocycles. The van der Waals surface area contributed by atoms with Gasteiger partial charge in [0.15, 0.2) is 0 Å². The molecule has 4 aromatic rings. The number of benzene rings is 2. The average molecular weight is 485 g/mol. The minimum absolute atomic E-state index is 0.00921. The van der Waals surface area contributed by atoms with Crippen LogP contribution in [0.2, 0.25) is 0 Å². The van der Waals surface area contributed by atoms with Crippen LogP contribution >= 0.6 is 15.9 Å². The van der Waals surface area contributed by atoms with Gasteiger partial charge in [-0.05, 0) is 35.4 Å². The largest absolute Gasteiger partial charge is 0.381 e. The lowest BCUT2D eigenvalue weighted by molar-refractivity contribution is -0.00534. The second kappa shape index (κ2) is 8.95. The van der Waals surface area contributed by atoms with E-state index in [-0.39, 0.29) is 18.7 Å². The summed E-state index contributed by atoms with van der Waals surface area (Å²) in [5, 5.41) is 15.4. The molecule has 2 heterocycles. The highest BCUT2D eigenvalue weighted by molar-refractivity contribution is 9.10. The fourth-order valence-electron chi connectivity index (χ4n) is 3.39. The lowest BCUT2D eigenvalue weighted by Crippen LogP contribution is -2.37. The SMILES string of the molecule is OC(Cn1ccc(C=Cc2ccc(Br)cc2)c1)(Cn1cncn1)c1ccc(F)cc1F. The second-order valence-corrected chi connectivity index (χ2v) is 8.17. The van der Waals surface area contributed by atoms with Crippen LogP contribution in [-0.4, -0.2) is 24.4 Å². The van der Waals surface area contributed by atoms with Gasteiger partial charge in [-0.2, -0.15) is 5.10 Å². The first-order valence-corrected chi connectivity index (χ1v) is 10.3. The van der Waals surface area contributed by atoms with E-state index >= 15 is 0 Å². The minimum atomic E-state index is -1.67. The summed E-state index contributed by atoms with van der Waals surface area (Å²) in [5.41, 5.74) is 0.291. The van der Waals surface area contributed by atoms with Gasteiger partial charge in [-0.25, -0.2) is 18.4 Å². The van der Waals surface area contributed by atoms with Crippen molar-refractivity contribution in [1.29, 1.82) is 0 Å². The number of halogens is 3. The molecule has 0 aliphatic carbocycles. The Labute approximate surface area is 186 Å². The zero-order chi connectivity index (χ0) is 21.8. The van der Waals surface area contributed by atoms with Crippen LogP contribution < -0.4 is 0 Å². The topological polar surface area (TPSA) is 55.9 Å². The van der Waals surface area contributed by atoms with Gasteiger partial charge in [0.1, 0.15) is 29.9 Å². The van der Waals surface area contributed by atoms with Crippen LogP contribution in [-0.2, 0) is 18.7 Å². The molecule has 5 nitrogen and oxygen atoms in total. The highest BCUT2D eigenvalue weighted by atomic mass is 79.9. The second-order valence-electron chi connectivity index (χ2n) is 7.25. The zero-order valence-corrected chi connectivity index (χ0v) is 18.0. The van der Waals surface area contributed by atoms with Crippen molar-refractivity contribution in [2.45, 2.75) is 18.7 Å². The Balaban J connectivity index is 1.59. The first-order valence-electron chi connectivity index (χ1n) is 9.51. The Morgan fingerprint density at radius 1 is 1.00 bits per heavy atom. The Bertz CT molecular complexity index is 1190. The van der Waals surface area contributed by atoms with Gasteiger partial charge in [-0.1, -0.05) is 46.3 Å². The molecule has 0 bridgehead atoms. The molecule has 0 amide bonds. The van der Waals surface area contributed by atoms with Crippen molar-refractivity contribution in [3.63, 3.8) is 0 Å². The molecule has 0 fully saturated rings. The third-order valence-electron chi connectivity index (χ3n) is 4.88. The van der Waals surface area contributed by atoms with Crippen LogP contribution in [0.15, 0.2) is 78.1 Å². The number of nitrogens with zero attached hydrogens (tertiary/aromatic N) is 4. The van der Waals surface area contributed by atoms with E-state index < -0.39 is 17.2 Å². The molecular formula is C23H19BrF2N4O. The summed E-state index contributed by atoms with van der Waals surface area (Å²) in [6.07, 6.45) is 10.4. The van der Waals surface area contributed by atoms with Crippen LogP contribution in [0.25, 0.3) is 12.2 Å². The molecule has 1 N–H and O–H groups in total. The molecule has 158 valence electrons. The zero-order valence-electron chi connectivity index (χ0n) is 16.4. The Hall–Kier alpha value is -3.10. The highest BCUT2D eigenvalue weighted by Gasteiger charge is 2.34.